The molecule has 3 rings (SSSR count). The first-order valence-corrected chi connectivity index (χ1v) is 7.67. The molecule has 5 nitrogen and oxygen atoms in total. The third-order valence-corrected chi connectivity index (χ3v) is 4.67. The Balaban J connectivity index is 1.93. The van der Waals surface area contributed by atoms with E-state index >= 15 is 0 Å². The molecule has 3 amide bonds. The Morgan fingerprint density at radius 3 is 2.59 bits per heavy atom. The van der Waals surface area contributed by atoms with Crippen LogP contribution in [0.2, 0.25) is 0 Å². The second-order valence-corrected chi connectivity index (χ2v) is 6.36. The highest BCUT2D eigenvalue weighted by Gasteiger charge is 2.39. The number of carbonyl (C=O) groups is 3. The molecule has 1 fully saturated rings. The van der Waals surface area contributed by atoms with E-state index in [2.05, 4.69) is 19.2 Å². The van der Waals surface area contributed by atoms with Gasteiger partial charge in [0.05, 0.1) is 0 Å². The van der Waals surface area contributed by atoms with E-state index in [9.17, 15) is 14.4 Å². The summed E-state index contributed by atoms with van der Waals surface area (Å²) in [7, 11) is 0. The van der Waals surface area contributed by atoms with E-state index in [1.54, 1.807) is 4.90 Å². The van der Waals surface area contributed by atoms with E-state index < -0.39 is 6.04 Å². The summed E-state index contributed by atoms with van der Waals surface area (Å²) in [5.41, 5.74) is 4.07. The summed E-state index contributed by atoms with van der Waals surface area (Å²) in [5.74, 6) is -0.337. The van der Waals surface area contributed by atoms with Crippen molar-refractivity contribution in [3.05, 3.63) is 34.4 Å². The number of amides is 3. The van der Waals surface area contributed by atoms with Crippen LogP contribution in [0.1, 0.15) is 59.7 Å². The predicted molar refractivity (Wildman–Crippen MR) is 81.3 cm³/mol. The maximum Gasteiger partial charge on any atom is 0.255 e. The smallest absolute Gasteiger partial charge is 0.255 e. The van der Waals surface area contributed by atoms with Crippen molar-refractivity contribution >= 4 is 17.7 Å². The van der Waals surface area contributed by atoms with Crippen LogP contribution in [0.3, 0.4) is 0 Å². The minimum atomic E-state index is -0.542. The number of imide groups is 1. The van der Waals surface area contributed by atoms with Crippen LogP contribution in [0.15, 0.2) is 12.1 Å². The topological polar surface area (TPSA) is 66.5 Å². The molecule has 1 saturated heterocycles. The number of piperidine rings is 1. The summed E-state index contributed by atoms with van der Waals surface area (Å²) in [6.45, 7) is 6.75. The first-order valence-electron chi connectivity index (χ1n) is 7.67. The molecule has 0 saturated carbocycles. The molecular formula is C17H20N2O3. The molecule has 1 N–H and O–H groups in total. The SMILES string of the molecule is Cc1c(C(C)C)ccc2c1CN(C1CCC(=O)NC1=O)C2=O. The molecule has 2 aliphatic rings. The zero-order chi connectivity index (χ0) is 16.0. The van der Waals surface area contributed by atoms with Crippen LogP contribution in [-0.4, -0.2) is 28.7 Å². The minimum Gasteiger partial charge on any atom is -0.322 e. The van der Waals surface area contributed by atoms with Crippen LogP contribution in [-0.2, 0) is 16.1 Å². The largest absolute Gasteiger partial charge is 0.322 e. The molecule has 1 aromatic rings. The van der Waals surface area contributed by atoms with Gasteiger partial charge in [-0.1, -0.05) is 19.9 Å². The number of benzene rings is 1. The summed E-state index contributed by atoms with van der Waals surface area (Å²) >= 11 is 0. The van der Waals surface area contributed by atoms with Gasteiger partial charge in [-0.25, -0.2) is 0 Å². The molecule has 22 heavy (non-hydrogen) atoms. The lowest BCUT2D eigenvalue weighted by atomic mass is 9.92. The molecule has 0 aromatic heterocycles. The van der Waals surface area contributed by atoms with Crippen LogP contribution >= 0.6 is 0 Å². The lowest BCUT2D eigenvalue weighted by Gasteiger charge is -2.29. The molecule has 5 heteroatoms. The maximum atomic E-state index is 12.6. The highest BCUT2D eigenvalue weighted by atomic mass is 16.2. The van der Waals surface area contributed by atoms with Gasteiger partial charge in [0, 0.05) is 18.5 Å². The summed E-state index contributed by atoms with van der Waals surface area (Å²) in [5, 5.41) is 2.33. The Bertz CT molecular complexity index is 679. The molecule has 2 aliphatic heterocycles. The first kappa shape index (κ1) is 14.8. The monoisotopic (exact) mass is 300 g/mol. The standard InChI is InChI=1S/C17H20N2O3/c1-9(2)11-4-5-12-13(10(11)3)8-19(17(12)22)14-6-7-15(20)18-16(14)21/h4-5,9,14H,6-8H2,1-3H3,(H,18,20,21). The van der Waals surface area contributed by atoms with Gasteiger partial charge in [-0.05, 0) is 42.0 Å². The average molecular weight is 300 g/mol. The summed E-state index contributed by atoms with van der Waals surface area (Å²) in [6, 6.07) is 3.33. The van der Waals surface area contributed by atoms with Crippen molar-refractivity contribution in [3.63, 3.8) is 0 Å². The number of rotatable bonds is 2. The Hall–Kier alpha value is -2.17. The Labute approximate surface area is 129 Å². The van der Waals surface area contributed by atoms with Gasteiger partial charge >= 0.3 is 0 Å². The van der Waals surface area contributed by atoms with Crippen molar-refractivity contribution in [3.8, 4) is 0 Å². The maximum absolute atomic E-state index is 12.6. The van der Waals surface area contributed by atoms with E-state index in [0.717, 1.165) is 11.1 Å². The van der Waals surface area contributed by atoms with Gasteiger partial charge in [-0.3, -0.25) is 19.7 Å². The quantitative estimate of drug-likeness (QED) is 0.848. The van der Waals surface area contributed by atoms with Crippen molar-refractivity contribution in [1.29, 1.82) is 0 Å². The van der Waals surface area contributed by atoms with Crippen LogP contribution in [0.5, 0.6) is 0 Å². The second-order valence-electron chi connectivity index (χ2n) is 6.36. The number of nitrogens with zero attached hydrogens (tertiary/aromatic N) is 1. The molecule has 1 atom stereocenters. The van der Waals surface area contributed by atoms with E-state index in [1.165, 1.54) is 5.56 Å². The van der Waals surface area contributed by atoms with Crippen molar-refractivity contribution in [2.45, 2.75) is 52.1 Å². The lowest BCUT2D eigenvalue weighted by Crippen LogP contribution is -2.52. The van der Waals surface area contributed by atoms with Gasteiger partial charge in [0.15, 0.2) is 0 Å². The highest BCUT2D eigenvalue weighted by molar-refractivity contribution is 6.05. The number of carbonyl (C=O) groups excluding carboxylic acids is 3. The number of hydrogen-bond acceptors (Lipinski definition) is 3. The fraction of sp³-hybridized carbons (Fsp3) is 0.471. The minimum absolute atomic E-state index is 0.108. The highest BCUT2D eigenvalue weighted by Crippen LogP contribution is 2.33. The van der Waals surface area contributed by atoms with Crippen LogP contribution in [0, 0.1) is 6.92 Å². The second kappa shape index (κ2) is 5.23. The summed E-state index contributed by atoms with van der Waals surface area (Å²) in [6.07, 6.45) is 0.688. The molecule has 116 valence electrons. The fourth-order valence-corrected chi connectivity index (χ4v) is 3.43. The molecule has 1 aromatic carbocycles. The van der Waals surface area contributed by atoms with E-state index in [0.29, 0.717) is 24.4 Å². The van der Waals surface area contributed by atoms with Crippen LogP contribution in [0.25, 0.3) is 0 Å². The van der Waals surface area contributed by atoms with Crippen molar-refractivity contribution in [2.24, 2.45) is 0 Å². The van der Waals surface area contributed by atoms with Crippen molar-refractivity contribution < 1.29 is 14.4 Å². The summed E-state index contributed by atoms with van der Waals surface area (Å²) in [4.78, 5) is 37.5. The van der Waals surface area contributed by atoms with E-state index in [-0.39, 0.29) is 24.1 Å². The molecule has 2 heterocycles. The van der Waals surface area contributed by atoms with Crippen LogP contribution in [0.4, 0.5) is 0 Å². The average Bonchev–Trinajstić information content (AvgIpc) is 2.77. The Morgan fingerprint density at radius 1 is 1.23 bits per heavy atom. The number of nitrogens with one attached hydrogen (secondary N) is 1. The Morgan fingerprint density at radius 2 is 1.95 bits per heavy atom. The van der Waals surface area contributed by atoms with Gasteiger partial charge in [-0.15, -0.1) is 0 Å². The Kier molecular flexibility index (Phi) is 3.51. The van der Waals surface area contributed by atoms with Gasteiger partial charge in [0.2, 0.25) is 11.8 Å². The number of hydrogen-bond donors (Lipinski definition) is 1. The third kappa shape index (κ3) is 2.21. The fourth-order valence-electron chi connectivity index (χ4n) is 3.43. The lowest BCUT2D eigenvalue weighted by molar-refractivity contribution is -0.136. The zero-order valence-corrected chi connectivity index (χ0v) is 13.1. The molecule has 1 unspecified atom stereocenters. The van der Waals surface area contributed by atoms with Crippen LogP contribution < -0.4 is 5.32 Å². The normalized spacial score (nSPS) is 21.4. The van der Waals surface area contributed by atoms with E-state index in [1.807, 2.05) is 19.1 Å². The molecule has 0 spiro atoms. The number of fused-ring (bicyclic) bond motifs is 1. The van der Waals surface area contributed by atoms with Crippen molar-refractivity contribution in [1.82, 2.24) is 10.2 Å². The van der Waals surface area contributed by atoms with Crippen molar-refractivity contribution in [2.75, 3.05) is 0 Å². The molecular weight excluding hydrogens is 280 g/mol. The van der Waals surface area contributed by atoms with Gasteiger partial charge in [0.1, 0.15) is 6.04 Å². The van der Waals surface area contributed by atoms with E-state index in [4.69, 9.17) is 0 Å². The van der Waals surface area contributed by atoms with Gasteiger partial charge in [-0.2, -0.15) is 0 Å². The third-order valence-electron chi connectivity index (χ3n) is 4.67. The summed E-state index contributed by atoms with van der Waals surface area (Å²) < 4.78 is 0. The molecule has 0 bridgehead atoms. The molecule has 0 radical (unpaired) electrons. The molecule has 0 aliphatic carbocycles. The first-order chi connectivity index (χ1) is 10.4. The zero-order valence-electron chi connectivity index (χ0n) is 13.1. The van der Waals surface area contributed by atoms with Gasteiger partial charge in [0.25, 0.3) is 5.91 Å². The predicted octanol–water partition coefficient (Wildman–Crippen LogP) is 1.88. The van der Waals surface area contributed by atoms with Gasteiger partial charge < -0.3 is 4.90 Å².